The maximum atomic E-state index is 12.3. The number of nitrogens with zero attached hydrogens (tertiary/aromatic N) is 3. The molecule has 0 saturated heterocycles. The van der Waals surface area contributed by atoms with Crippen LogP contribution in [0.1, 0.15) is 10.4 Å². The molecule has 122 valence electrons. The Morgan fingerprint density at radius 1 is 1.26 bits per heavy atom. The Bertz CT molecular complexity index is 713. The highest BCUT2D eigenvalue weighted by Crippen LogP contribution is 2.20. The summed E-state index contributed by atoms with van der Waals surface area (Å²) in [7, 11) is 4.43. The van der Waals surface area contributed by atoms with E-state index in [4.69, 9.17) is 9.47 Å². The van der Waals surface area contributed by atoms with Gasteiger partial charge in [-0.2, -0.15) is 10.1 Å². The molecule has 2 rings (SSSR count). The summed E-state index contributed by atoms with van der Waals surface area (Å²) in [5, 5.41) is 9.15. The van der Waals surface area contributed by atoms with E-state index >= 15 is 0 Å². The highest BCUT2D eigenvalue weighted by atomic mass is 16.5. The van der Waals surface area contributed by atoms with Crippen molar-refractivity contribution in [2.75, 3.05) is 26.6 Å². The monoisotopic (exact) mass is 319 g/mol. The Morgan fingerprint density at radius 2 is 2.04 bits per heavy atom. The van der Waals surface area contributed by atoms with Gasteiger partial charge < -0.3 is 20.1 Å². The van der Waals surface area contributed by atoms with E-state index in [1.807, 2.05) is 0 Å². The van der Waals surface area contributed by atoms with Crippen LogP contribution in [0.2, 0.25) is 0 Å². The van der Waals surface area contributed by atoms with E-state index in [-0.39, 0.29) is 23.9 Å². The molecule has 0 aromatic carbocycles. The second-order valence-electron chi connectivity index (χ2n) is 4.46. The SMILES string of the molecule is CNC(=O)Cn1cc(NC(=O)c2ccc(OC)nc2OC)cn1. The zero-order valence-corrected chi connectivity index (χ0v) is 13.0. The van der Waals surface area contributed by atoms with E-state index in [9.17, 15) is 9.59 Å². The van der Waals surface area contributed by atoms with Crippen molar-refractivity contribution in [3.8, 4) is 11.8 Å². The molecular formula is C14H17N5O4. The fourth-order valence-corrected chi connectivity index (χ4v) is 1.80. The fraction of sp³-hybridized carbons (Fsp3) is 0.286. The quantitative estimate of drug-likeness (QED) is 0.792. The van der Waals surface area contributed by atoms with Crippen molar-refractivity contribution in [3.05, 3.63) is 30.1 Å². The topological polar surface area (TPSA) is 107 Å². The Morgan fingerprint density at radius 3 is 2.70 bits per heavy atom. The van der Waals surface area contributed by atoms with E-state index < -0.39 is 5.91 Å². The number of carbonyl (C=O) groups excluding carboxylic acids is 2. The number of hydrogen-bond donors (Lipinski definition) is 2. The number of hydrogen-bond acceptors (Lipinski definition) is 6. The van der Waals surface area contributed by atoms with Gasteiger partial charge in [0.1, 0.15) is 12.1 Å². The van der Waals surface area contributed by atoms with Gasteiger partial charge in [-0.3, -0.25) is 14.3 Å². The van der Waals surface area contributed by atoms with Crippen LogP contribution in [0.4, 0.5) is 5.69 Å². The number of anilines is 1. The van der Waals surface area contributed by atoms with Gasteiger partial charge in [-0.15, -0.1) is 0 Å². The maximum Gasteiger partial charge on any atom is 0.261 e. The number of ether oxygens (including phenoxy) is 2. The maximum absolute atomic E-state index is 12.3. The molecule has 2 N–H and O–H groups in total. The van der Waals surface area contributed by atoms with Gasteiger partial charge in [0.05, 0.1) is 26.1 Å². The molecule has 0 bridgehead atoms. The van der Waals surface area contributed by atoms with Crippen LogP contribution in [0.15, 0.2) is 24.5 Å². The summed E-state index contributed by atoms with van der Waals surface area (Å²) in [4.78, 5) is 27.6. The molecule has 2 aromatic rings. The highest BCUT2D eigenvalue weighted by Gasteiger charge is 2.16. The summed E-state index contributed by atoms with van der Waals surface area (Å²) in [6, 6.07) is 3.11. The second kappa shape index (κ2) is 7.25. The molecule has 0 atom stereocenters. The van der Waals surface area contributed by atoms with E-state index in [0.717, 1.165) is 0 Å². The van der Waals surface area contributed by atoms with E-state index in [1.54, 1.807) is 18.3 Å². The lowest BCUT2D eigenvalue weighted by molar-refractivity contribution is -0.121. The van der Waals surface area contributed by atoms with Crippen molar-refractivity contribution < 1.29 is 19.1 Å². The van der Waals surface area contributed by atoms with Crippen molar-refractivity contribution in [1.82, 2.24) is 20.1 Å². The first-order valence-electron chi connectivity index (χ1n) is 6.70. The van der Waals surface area contributed by atoms with Crippen LogP contribution in [-0.4, -0.2) is 47.8 Å². The van der Waals surface area contributed by atoms with Gasteiger partial charge in [0.25, 0.3) is 5.91 Å². The third-order valence-corrected chi connectivity index (χ3v) is 2.96. The molecule has 0 spiro atoms. The van der Waals surface area contributed by atoms with Gasteiger partial charge in [-0.05, 0) is 6.07 Å². The minimum atomic E-state index is -0.406. The molecule has 0 fully saturated rings. The average Bonchev–Trinajstić information content (AvgIpc) is 3.00. The van der Waals surface area contributed by atoms with Crippen LogP contribution in [0.5, 0.6) is 11.8 Å². The minimum Gasteiger partial charge on any atom is -0.481 e. The zero-order chi connectivity index (χ0) is 16.8. The Kier molecular flexibility index (Phi) is 5.13. The number of likely N-dealkylation sites (N-methyl/N-ethyl adjacent to an activating group) is 1. The van der Waals surface area contributed by atoms with Crippen LogP contribution in [0.3, 0.4) is 0 Å². The van der Waals surface area contributed by atoms with Crippen molar-refractivity contribution in [1.29, 1.82) is 0 Å². The van der Waals surface area contributed by atoms with Crippen molar-refractivity contribution in [2.24, 2.45) is 0 Å². The number of aromatic nitrogens is 3. The predicted octanol–water partition coefficient (Wildman–Crippen LogP) is 0.294. The van der Waals surface area contributed by atoms with Crippen LogP contribution in [0.25, 0.3) is 0 Å². The standard InChI is InChI=1S/C14H17N5O4/c1-15-11(20)8-19-7-9(6-16-19)17-13(21)10-4-5-12(22-2)18-14(10)23-3/h4-7H,8H2,1-3H3,(H,15,20)(H,17,21). The lowest BCUT2D eigenvalue weighted by Gasteiger charge is -2.08. The largest absolute Gasteiger partial charge is 0.481 e. The van der Waals surface area contributed by atoms with Gasteiger partial charge in [0.15, 0.2) is 0 Å². The van der Waals surface area contributed by atoms with E-state index in [2.05, 4.69) is 20.7 Å². The molecule has 2 amide bonds. The number of amides is 2. The van der Waals surface area contributed by atoms with Gasteiger partial charge in [-0.25, -0.2) is 0 Å². The molecule has 0 aliphatic carbocycles. The predicted molar refractivity (Wildman–Crippen MR) is 81.6 cm³/mol. The number of methoxy groups -OCH3 is 2. The number of nitrogens with one attached hydrogen (secondary N) is 2. The molecule has 2 aromatic heterocycles. The van der Waals surface area contributed by atoms with Gasteiger partial charge in [0.2, 0.25) is 17.7 Å². The molecule has 0 unspecified atom stereocenters. The summed E-state index contributed by atoms with van der Waals surface area (Å²) >= 11 is 0. The average molecular weight is 319 g/mol. The summed E-state index contributed by atoms with van der Waals surface area (Å²) in [6.45, 7) is 0.0692. The first kappa shape index (κ1) is 16.3. The molecule has 2 heterocycles. The molecular weight excluding hydrogens is 302 g/mol. The third kappa shape index (κ3) is 3.96. The number of carbonyl (C=O) groups is 2. The molecule has 9 nitrogen and oxygen atoms in total. The minimum absolute atomic E-state index is 0.0692. The van der Waals surface area contributed by atoms with Gasteiger partial charge in [0, 0.05) is 19.3 Å². The van der Waals surface area contributed by atoms with Crippen molar-refractivity contribution in [3.63, 3.8) is 0 Å². The van der Waals surface area contributed by atoms with Crippen molar-refractivity contribution in [2.45, 2.75) is 6.54 Å². The molecule has 23 heavy (non-hydrogen) atoms. The first-order valence-corrected chi connectivity index (χ1v) is 6.70. The number of rotatable bonds is 6. The molecule has 0 aliphatic heterocycles. The highest BCUT2D eigenvalue weighted by molar-refractivity contribution is 6.05. The smallest absolute Gasteiger partial charge is 0.261 e. The second-order valence-corrected chi connectivity index (χ2v) is 4.46. The van der Waals surface area contributed by atoms with Gasteiger partial charge in [-0.1, -0.05) is 0 Å². The molecule has 0 radical (unpaired) electrons. The van der Waals surface area contributed by atoms with E-state index in [0.29, 0.717) is 11.6 Å². The number of pyridine rings is 1. The molecule has 0 aliphatic rings. The van der Waals surface area contributed by atoms with Crippen molar-refractivity contribution >= 4 is 17.5 Å². The fourth-order valence-electron chi connectivity index (χ4n) is 1.80. The zero-order valence-electron chi connectivity index (χ0n) is 13.0. The third-order valence-electron chi connectivity index (χ3n) is 2.96. The summed E-state index contributed by atoms with van der Waals surface area (Å²) in [5.41, 5.74) is 0.712. The first-order chi connectivity index (χ1) is 11.1. The van der Waals surface area contributed by atoms with Crippen LogP contribution in [-0.2, 0) is 11.3 Å². The van der Waals surface area contributed by atoms with Crippen LogP contribution >= 0.6 is 0 Å². The molecule has 9 heteroatoms. The normalized spacial score (nSPS) is 10.0. The lowest BCUT2D eigenvalue weighted by atomic mass is 10.2. The van der Waals surface area contributed by atoms with Gasteiger partial charge >= 0.3 is 0 Å². The van der Waals surface area contributed by atoms with Crippen LogP contribution < -0.4 is 20.1 Å². The summed E-state index contributed by atoms with van der Waals surface area (Å²) < 4.78 is 11.5. The Hall–Kier alpha value is -3.10. The summed E-state index contributed by atoms with van der Waals surface area (Å²) in [5.74, 6) is -0.0973. The molecule has 0 saturated carbocycles. The Balaban J connectivity index is 2.11. The van der Waals surface area contributed by atoms with E-state index in [1.165, 1.54) is 32.1 Å². The lowest BCUT2D eigenvalue weighted by Crippen LogP contribution is -2.23. The Labute approximate surface area is 132 Å². The summed E-state index contributed by atoms with van der Waals surface area (Å²) in [6.07, 6.45) is 3.00. The van der Waals surface area contributed by atoms with Crippen LogP contribution in [0, 0.1) is 0 Å².